The van der Waals surface area contributed by atoms with Gasteiger partial charge in [0.15, 0.2) is 5.82 Å². The van der Waals surface area contributed by atoms with Gasteiger partial charge in [-0.25, -0.2) is 9.99 Å². The minimum atomic E-state index is 0.691. The molecular formula is C15H13N5. The second-order valence-electron chi connectivity index (χ2n) is 4.24. The van der Waals surface area contributed by atoms with Crippen molar-refractivity contribution in [2.75, 3.05) is 12.1 Å². The fourth-order valence-corrected chi connectivity index (χ4v) is 1.76. The summed E-state index contributed by atoms with van der Waals surface area (Å²) in [6.07, 6.45) is 5.13. The van der Waals surface area contributed by atoms with Crippen LogP contribution in [0.5, 0.6) is 0 Å². The first kappa shape index (κ1) is 12.2. The monoisotopic (exact) mass is 263 g/mol. The molecule has 3 aromatic rings. The van der Waals surface area contributed by atoms with Crippen LogP contribution in [0.3, 0.4) is 0 Å². The standard InChI is InChI=1S/C15H13N5/c1-20(18-10-12-6-4-5-9-16-12)15-11-17-13-7-2-3-8-14(13)19-15/h2-11H,1H3. The highest BCUT2D eigenvalue weighted by atomic mass is 15.5. The lowest BCUT2D eigenvalue weighted by atomic mass is 10.3. The Kier molecular flexibility index (Phi) is 3.33. The van der Waals surface area contributed by atoms with Gasteiger partial charge in [0.05, 0.1) is 29.1 Å². The van der Waals surface area contributed by atoms with Gasteiger partial charge >= 0.3 is 0 Å². The smallest absolute Gasteiger partial charge is 0.167 e. The summed E-state index contributed by atoms with van der Waals surface area (Å²) in [6, 6.07) is 13.4. The Hall–Kier alpha value is -2.82. The van der Waals surface area contributed by atoms with Crippen LogP contribution in [0.2, 0.25) is 0 Å². The molecule has 0 bridgehead atoms. The number of anilines is 1. The summed E-state index contributed by atoms with van der Waals surface area (Å²) in [4.78, 5) is 13.1. The van der Waals surface area contributed by atoms with E-state index in [0.29, 0.717) is 5.82 Å². The average molecular weight is 263 g/mol. The Bertz CT molecular complexity index is 739. The molecule has 98 valence electrons. The predicted octanol–water partition coefficient (Wildman–Crippen LogP) is 2.50. The zero-order valence-electron chi connectivity index (χ0n) is 11.0. The first-order valence-electron chi connectivity index (χ1n) is 6.23. The average Bonchev–Trinajstić information content (AvgIpc) is 2.53. The van der Waals surface area contributed by atoms with Gasteiger partial charge in [-0.3, -0.25) is 9.97 Å². The van der Waals surface area contributed by atoms with Crippen molar-refractivity contribution in [3.63, 3.8) is 0 Å². The molecule has 0 fully saturated rings. The Labute approximate surface area is 116 Å². The van der Waals surface area contributed by atoms with Crippen LogP contribution in [-0.2, 0) is 0 Å². The molecule has 0 unspecified atom stereocenters. The summed E-state index contributed by atoms with van der Waals surface area (Å²) in [5.74, 6) is 0.691. The lowest BCUT2D eigenvalue weighted by Crippen LogP contribution is -2.11. The van der Waals surface area contributed by atoms with Crippen LogP contribution < -0.4 is 5.01 Å². The minimum Gasteiger partial charge on any atom is -0.255 e. The number of pyridine rings is 1. The highest BCUT2D eigenvalue weighted by Crippen LogP contribution is 2.14. The topological polar surface area (TPSA) is 54.3 Å². The number of benzene rings is 1. The third-order valence-corrected chi connectivity index (χ3v) is 2.82. The number of hydrogen-bond acceptors (Lipinski definition) is 5. The van der Waals surface area contributed by atoms with Crippen molar-refractivity contribution in [2.45, 2.75) is 0 Å². The largest absolute Gasteiger partial charge is 0.255 e. The van der Waals surface area contributed by atoms with E-state index < -0.39 is 0 Å². The van der Waals surface area contributed by atoms with E-state index in [4.69, 9.17) is 0 Å². The number of nitrogens with zero attached hydrogens (tertiary/aromatic N) is 5. The normalized spacial score (nSPS) is 11.1. The van der Waals surface area contributed by atoms with Gasteiger partial charge in [0, 0.05) is 13.2 Å². The first-order valence-corrected chi connectivity index (χ1v) is 6.23. The Morgan fingerprint density at radius 1 is 1.00 bits per heavy atom. The summed E-state index contributed by atoms with van der Waals surface area (Å²) in [6.45, 7) is 0. The van der Waals surface area contributed by atoms with Crippen molar-refractivity contribution in [2.24, 2.45) is 5.10 Å². The first-order chi connectivity index (χ1) is 9.83. The predicted molar refractivity (Wildman–Crippen MR) is 79.8 cm³/mol. The van der Waals surface area contributed by atoms with E-state index in [9.17, 15) is 0 Å². The van der Waals surface area contributed by atoms with E-state index in [1.165, 1.54) is 0 Å². The van der Waals surface area contributed by atoms with Crippen LogP contribution in [0.25, 0.3) is 11.0 Å². The maximum atomic E-state index is 4.52. The van der Waals surface area contributed by atoms with Gasteiger partial charge in [0.25, 0.3) is 0 Å². The van der Waals surface area contributed by atoms with E-state index >= 15 is 0 Å². The quantitative estimate of drug-likeness (QED) is 0.538. The molecule has 0 amide bonds. The zero-order valence-corrected chi connectivity index (χ0v) is 11.0. The molecule has 0 radical (unpaired) electrons. The molecule has 5 nitrogen and oxygen atoms in total. The Balaban J connectivity index is 1.85. The molecule has 0 aliphatic heterocycles. The molecule has 1 aromatic carbocycles. The summed E-state index contributed by atoms with van der Waals surface area (Å²) in [5.41, 5.74) is 2.52. The van der Waals surface area contributed by atoms with Crippen LogP contribution in [0.15, 0.2) is 60.0 Å². The lowest BCUT2D eigenvalue weighted by Gasteiger charge is -2.11. The Morgan fingerprint density at radius 2 is 1.80 bits per heavy atom. The van der Waals surface area contributed by atoms with E-state index in [0.717, 1.165) is 16.7 Å². The van der Waals surface area contributed by atoms with Gasteiger partial charge < -0.3 is 0 Å². The molecule has 0 saturated carbocycles. The minimum absolute atomic E-state index is 0.691. The second kappa shape index (κ2) is 5.44. The molecule has 0 atom stereocenters. The van der Waals surface area contributed by atoms with E-state index in [-0.39, 0.29) is 0 Å². The molecule has 20 heavy (non-hydrogen) atoms. The summed E-state index contributed by atoms with van der Waals surface area (Å²) >= 11 is 0. The fraction of sp³-hybridized carbons (Fsp3) is 0.0667. The van der Waals surface area contributed by atoms with Crippen LogP contribution >= 0.6 is 0 Å². The third kappa shape index (κ3) is 2.61. The van der Waals surface area contributed by atoms with Gasteiger partial charge in [-0.1, -0.05) is 18.2 Å². The van der Waals surface area contributed by atoms with Crippen molar-refractivity contribution >= 4 is 23.1 Å². The summed E-state index contributed by atoms with van der Waals surface area (Å²) < 4.78 is 0. The zero-order chi connectivity index (χ0) is 13.8. The number of hydrogen-bond donors (Lipinski definition) is 0. The van der Waals surface area contributed by atoms with E-state index in [1.54, 1.807) is 23.6 Å². The number of aromatic nitrogens is 3. The second-order valence-corrected chi connectivity index (χ2v) is 4.24. The molecule has 2 aromatic heterocycles. The van der Waals surface area contributed by atoms with E-state index in [2.05, 4.69) is 20.1 Å². The van der Waals surface area contributed by atoms with Gasteiger partial charge in [-0.05, 0) is 24.3 Å². The van der Waals surface area contributed by atoms with Crippen molar-refractivity contribution in [3.8, 4) is 0 Å². The highest BCUT2D eigenvalue weighted by Gasteiger charge is 2.02. The fourth-order valence-electron chi connectivity index (χ4n) is 1.76. The lowest BCUT2D eigenvalue weighted by molar-refractivity contribution is 0.980. The van der Waals surface area contributed by atoms with Gasteiger partial charge in [0.1, 0.15) is 0 Å². The maximum Gasteiger partial charge on any atom is 0.167 e. The molecule has 0 aliphatic carbocycles. The number of fused-ring (bicyclic) bond motifs is 1. The molecule has 0 saturated heterocycles. The van der Waals surface area contributed by atoms with Crippen LogP contribution in [0, 0.1) is 0 Å². The van der Waals surface area contributed by atoms with E-state index in [1.807, 2.05) is 49.5 Å². The SMILES string of the molecule is CN(N=Cc1ccccn1)c1cnc2ccccc2n1. The molecular weight excluding hydrogens is 250 g/mol. The maximum absolute atomic E-state index is 4.52. The third-order valence-electron chi connectivity index (χ3n) is 2.82. The molecule has 0 aliphatic rings. The van der Waals surface area contributed by atoms with Crippen molar-refractivity contribution in [3.05, 3.63) is 60.6 Å². The van der Waals surface area contributed by atoms with Gasteiger partial charge in [-0.2, -0.15) is 5.10 Å². The molecule has 3 rings (SSSR count). The molecule has 2 heterocycles. The number of para-hydroxylation sites is 2. The molecule has 5 heteroatoms. The van der Waals surface area contributed by atoms with Crippen LogP contribution in [0.4, 0.5) is 5.82 Å². The van der Waals surface area contributed by atoms with Gasteiger partial charge in [-0.15, -0.1) is 0 Å². The van der Waals surface area contributed by atoms with Crippen LogP contribution in [-0.4, -0.2) is 28.2 Å². The Morgan fingerprint density at radius 3 is 2.60 bits per heavy atom. The summed E-state index contributed by atoms with van der Waals surface area (Å²) in [5, 5.41) is 5.99. The molecule has 0 N–H and O–H groups in total. The number of rotatable bonds is 3. The van der Waals surface area contributed by atoms with Crippen LogP contribution in [0.1, 0.15) is 5.69 Å². The van der Waals surface area contributed by atoms with Crippen molar-refractivity contribution in [1.29, 1.82) is 0 Å². The highest BCUT2D eigenvalue weighted by molar-refractivity contribution is 5.78. The number of hydrazone groups is 1. The van der Waals surface area contributed by atoms with Crippen molar-refractivity contribution in [1.82, 2.24) is 15.0 Å². The summed E-state index contributed by atoms with van der Waals surface area (Å²) in [7, 11) is 1.83. The van der Waals surface area contributed by atoms with Crippen molar-refractivity contribution < 1.29 is 0 Å². The molecule has 0 spiro atoms. The van der Waals surface area contributed by atoms with Gasteiger partial charge in [0.2, 0.25) is 0 Å².